The van der Waals surface area contributed by atoms with Crippen LogP contribution in [0.4, 0.5) is 0 Å². The number of hydrogen-bond donors (Lipinski definition) is 2. The lowest BCUT2D eigenvalue weighted by atomic mass is 10.0. The SMILES string of the molecule is CCC(NC(C(=O)O)C(C)C)c1cccs1. The molecule has 0 aliphatic carbocycles. The Hall–Kier alpha value is -0.870. The van der Waals surface area contributed by atoms with Crippen molar-refractivity contribution in [3.05, 3.63) is 22.4 Å². The quantitative estimate of drug-likeness (QED) is 0.805. The predicted octanol–water partition coefficient (Wildman–Crippen LogP) is 2.90. The Bertz CT molecular complexity index is 322. The van der Waals surface area contributed by atoms with Crippen molar-refractivity contribution in [2.24, 2.45) is 5.92 Å². The van der Waals surface area contributed by atoms with Gasteiger partial charge in [0.1, 0.15) is 6.04 Å². The number of nitrogens with one attached hydrogen (secondary N) is 1. The molecule has 0 amide bonds. The molecule has 0 fully saturated rings. The summed E-state index contributed by atoms with van der Waals surface area (Å²) in [4.78, 5) is 12.3. The molecule has 0 radical (unpaired) electrons. The molecular weight excluding hydrogens is 222 g/mol. The molecule has 0 aromatic carbocycles. The van der Waals surface area contributed by atoms with E-state index in [0.717, 1.165) is 6.42 Å². The number of carboxylic acid groups (broad SMARTS) is 1. The van der Waals surface area contributed by atoms with E-state index in [2.05, 4.69) is 12.2 Å². The van der Waals surface area contributed by atoms with Gasteiger partial charge >= 0.3 is 5.97 Å². The molecule has 2 atom stereocenters. The summed E-state index contributed by atoms with van der Waals surface area (Å²) in [6, 6.07) is 3.70. The summed E-state index contributed by atoms with van der Waals surface area (Å²) in [5.74, 6) is -0.684. The number of rotatable bonds is 6. The normalized spacial score (nSPS) is 15.0. The molecule has 0 aliphatic rings. The van der Waals surface area contributed by atoms with E-state index in [0.29, 0.717) is 0 Å². The third-order valence-electron chi connectivity index (χ3n) is 2.61. The Labute approximate surface area is 100 Å². The van der Waals surface area contributed by atoms with E-state index >= 15 is 0 Å². The van der Waals surface area contributed by atoms with Crippen LogP contribution in [0.25, 0.3) is 0 Å². The van der Waals surface area contributed by atoms with Crippen molar-refractivity contribution >= 4 is 17.3 Å². The molecule has 1 aromatic heterocycles. The third-order valence-corrected chi connectivity index (χ3v) is 3.59. The number of aliphatic carboxylic acids is 1. The molecule has 4 heteroatoms. The fraction of sp³-hybridized carbons (Fsp3) is 0.583. The van der Waals surface area contributed by atoms with E-state index in [9.17, 15) is 4.79 Å². The molecule has 0 saturated heterocycles. The van der Waals surface area contributed by atoms with Crippen LogP contribution >= 0.6 is 11.3 Å². The number of carbonyl (C=O) groups is 1. The van der Waals surface area contributed by atoms with Crippen LogP contribution < -0.4 is 5.32 Å². The summed E-state index contributed by atoms with van der Waals surface area (Å²) in [6.45, 7) is 5.91. The summed E-state index contributed by atoms with van der Waals surface area (Å²) in [6.07, 6.45) is 0.900. The maximum absolute atomic E-state index is 11.1. The second-order valence-electron chi connectivity index (χ2n) is 4.20. The summed E-state index contributed by atoms with van der Waals surface area (Å²) in [7, 11) is 0. The van der Waals surface area contributed by atoms with Gasteiger partial charge in [0.15, 0.2) is 0 Å². The molecule has 2 N–H and O–H groups in total. The zero-order valence-corrected chi connectivity index (χ0v) is 10.8. The highest BCUT2D eigenvalue weighted by Crippen LogP contribution is 2.23. The van der Waals surface area contributed by atoms with E-state index in [1.165, 1.54) is 4.88 Å². The standard InChI is InChI=1S/C12H19NO2S/c1-4-9(10-6-5-7-16-10)13-11(8(2)3)12(14)15/h5-9,11,13H,4H2,1-3H3,(H,14,15). The van der Waals surface area contributed by atoms with E-state index in [1.54, 1.807) is 11.3 Å². The smallest absolute Gasteiger partial charge is 0.320 e. The van der Waals surface area contributed by atoms with Gasteiger partial charge in [-0.05, 0) is 23.8 Å². The van der Waals surface area contributed by atoms with Gasteiger partial charge in [-0.15, -0.1) is 11.3 Å². The van der Waals surface area contributed by atoms with Crippen LogP contribution in [0.1, 0.15) is 38.1 Å². The lowest BCUT2D eigenvalue weighted by Crippen LogP contribution is -2.42. The van der Waals surface area contributed by atoms with Crippen molar-refractivity contribution in [2.75, 3.05) is 0 Å². The fourth-order valence-electron chi connectivity index (χ4n) is 1.66. The van der Waals surface area contributed by atoms with Crippen molar-refractivity contribution in [1.82, 2.24) is 5.32 Å². The Morgan fingerprint density at radius 1 is 1.56 bits per heavy atom. The van der Waals surface area contributed by atoms with Gasteiger partial charge in [0, 0.05) is 10.9 Å². The first kappa shape index (κ1) is 13.2. The highest BCUT2D eigenvalue weighted by molar-refractivity contribution is 7.10. The van der Waals surface area contributed by atoms with Crippen LogP contribution in [-0.2, 0) is 4.79 Å². The molecule has 1 heterocycles. The van der Waals surface area contributed by atoms with E-state index < -0.39 is 12.0 Å². The van der Waals surface area contributed by atoms with Gasteiger partial charge in [-0.2, -0.15) is 0 Å². The lowest BCUT2D eigenvalue weighted by molar-refractivity contribution is -0.140. The molecule has 2 unspecified atom stereocenters. The maximum atomic E-state index is 11.1. The Kier molecular flexibility index (Phi) is 4.96. The van der Waals surface area contributed by atoms with Crippen molar-refractivity contribution in [3.63, 3.8) is 0 Å². The van der Waals surface area contributed by atoms with Gasteiger partial charge in [-0.3, -0.25) is 10.1 Å². The maximum Gasteiger partial charge on any atom is 0.320 e. The van der Waals surface area contributed by atoms with E-state index in [4.69, 9.17) is 5.11 Å². The van der Waals surface area contributed by atoms with Crippen molar-refractivity contribution in [2.45, 2.75) is 39.3 Å². The monoisotopic (exact) mass is 241 g/mol. The van der Waals surface area contributed by atoms with Gasteiger partial charge in [-0.25, -0.2) is 0 Å². The second kappa shape index (κ2) is 6.01. The van der Waals surface area contributed by atoms with E-state index in [1.807, 2.05) is 31.4 Å². The molecular formula is C12H19NO2S. The van der Waals surface area contributed by atoms with Crippen LogP contribution in [-0.4, -0.2) is 17.1 Å². The van der Waals surface area contributed by atoms with Crippen LogP contribution in [0.15, 0.2) is 17.5 Å². The molecule has 1 rings (SSSR count). The minimum atomic E-state index is -0.773. The minimum absolute atomic E-state index is 0.0894. The summed E-state index contributed by atoms with van der Waals surface area (Å²) in [5, 5.41) is 14.4. The zero-order valence-electron chi connectivity index (χ0n) is 9.93. The molecule has 3 nitrogen and oxygen atoms in total. The largest absolute Gasteiger partial charge is 0.480 e. The molecule has 1 aromatic rings. The van der Waals surface area contributed by atoms with Crippen LogP contribution in [0.3, 0.4) is 0 Å². The number of thiophene rings is 1. The summed E-state index contributed by atoms with van der Waals surface area (Å²) >= 11 is 1.67. The minimum Gasteiger partial charge on any atom is -0.480 e. The predicted molar refractivity (Wildman–Crippen MR) is 66.7 cm³/mol. The second-order valence-corrected chi connectivity index (χ2v) is 5.18. The van der Waals surface area contributed by atoms with Gasteiger partial charge in [0.25, 0.3) is 0 Å². The average Bonchev–Trinajstić information content (AvgIpc) is 2.71. The molecule has 90 valence electrons. The van der Waals surface area contributed by atoms with Crippen LogP contribution in [0.2, 0.25) is 0 Å². The summed E-state index contributed by atoms with van der Waals surface area (Å²) < 4.78 is 0. The van der Waals surface area contributed by atoms with Gasteiger partial charge in [0.05, 0.1) is 0 Å². The molecule has 0 aliphatic heterocycles. The first-order valence-corrected chi connectivity index (χ1v) is 6.46. The van der Waals surface area contributed by atoms with Gasteiger partial charge in [0.2, 0.25) is 0 Å². The zero-order chi connectivity index (χ0) is 12.1. The molecule has 0 bridgehead atoms. The first-order chi connectivity index (χ1) is 7.56. The molecule has 0 spiro atoms. The Morgan fingerprint density at radius 3 is 2.62 bits per heavy atom. The highest BCUT2D eigenvalue weighted by atomic mass is 32.1. The van der Waals surface area contributed by atoms with Crippen LogP contribution in [0.5, 0.6) is 0 Å². The third kappa shape index (κ3) is 3.32. The topological polar surface area (TPSA) is 49.3 Å². The van der Waals surface area contributed by atoms with Crippen LogP contribution in [0, 0.1) is 5.92 Å². The number of hydrogen-bond acceptors (Lipinski definition) is 3. The van der Waals surface area contributed by atoms with E-state index in [-0.39, 0.29) is 12.0 Å². The van der Waals surface area contributed by atoms with Crippen molar-refractivity contribution in [3.8, 4) is 0 Å². The van der Waals surface area contributed by atoms with Crippen molar-refractivity contribution < 1.29 is 9.90 Å². The van der Waals surface area contributed by atoms with Gasteiger partial charge in [-0.1, -0.05) is 26.8 Å². The molecule has 0 saturated carbocycles. The molecule has 16 heavy (non-hydrogen) atoms. The van der Waals surface area contributed by atoms with Crippen molar-refractivity contribution in [1.29, 1.82) is 0 Å². The first-order valence-electron chi connectivity index (χ1n) is 5.58. The average molecular weight is 241 g/mol. The van der Waals surface area contributed by atoms with Gasteiger partial charge < -0.3 is 5.11 Å². The lowest BCUT2D eigenvalue weighted by Gasteiger charge is -2.24. The highest BCUT2D eigenvalue weighted by Gasteiger charge is 2.24. The number of carboxylic acids is 1. The summed E-state index contributed by atoms with van der Waals surface area (Å²) in [5.41, 5.74) is 0. The fourth-order valence-corrected chi connectivity index (χ4v) is 2.53. The Balaban J connectivity index is 2.72. The Morgan fingerprint density at radius 2 is 2.25 bits per heavy atom.